The molecule has 0 radical (unpaired) electrons. The number of carbonyl (C=O) groups is 2. The molecule has 2 rings (SSSR count). The van der Waals surface area contributed by atoms with Crippen molar-refractivity contribution in [2.24, 2.45) is 5.10 Å². The highest BCUT2D eigenvalue weighted by Gasteiger charge is 2.31. The quantitative estimate of drug-likeness (QED) is 0.505. The fourth-order valence-corrected chi connectivity index (χ4v) is 2.31. The van der Waals surface area contributed by atoms with E-state index in [4.69, 9.17) is 23.2 Å². The Hall–Kier alpha value is -2.58. The standard InChI is InChI=1S/C18H14Cl2F3N3O2/c19-13-4-1-11(2-5-13)10-24-26-17(28)8-7-16(27)25-15-9-12(18(21,22)23)3-6-14(15)20/h1-6,9-10H,7-8H2,(H,25,27)(H,26,28)/b24-10+. The second-order valence-electron chi connectivity index (χ2n) is 5.59. The molecule has 2 amide bonds. The molecule has 28 heavy (non-hydrogen) atoms. The smallest absolute Gasteiger partial charge is 0.325 e. The van der Waals surface area contributed by atoms with Gasteiger partial charge in [-0.05, 0) is 35.9 Å². The fraction of sp³-hybridized carbons (Fsp3) is 0.167. The van der Waals surface area contributed by atoms with Crippen molar-refractivity contribution >= 4 is 46.9 Å². The topological polar surface area (TPSA) is 70.6 Å². The maximum Gasteiger partial charge on any atom is 0.416 e. The number of rotatable bonds is 6. The molecule has 2 aromatic rings. The van der Waals surface area contributed by atoms with E-state index in [-0.39, 0.29) is 23.6 Å². The van der Waals surface area contributed by atoms with Crippen molar-refractivity contribution in [1.29, 1.82) is 0 Å². The zero-order valence-electron chi connectivity index (χ0n) is 14.2. The van der Waals surface area contributed by atoms with E-state index < -0.39 is 23.6 Å². The molecule has 0 fully saturated rings. The van der Waals surface area contributed by atoms with Gasteiger partial charge in [-0.25, -0.2) is 5.43 Å². The first-order valence-electron chi connectivity index (χ1n) is 7.89. The summed E-state index contributed by atoms with van der Waals surface area (Å²) in [4.78, 5) is 23.6. The van der Waals surface area contributed by atoms with E-state index in [1.807, 2.05) is 0 Å². The van der Waals surface area contributed by atoms with Crippen LogP contribution in [0.4, 0.5) is 18.9 Å². The Labute approximate surface area is 168 Å². The number of benzene rings is 2. The van der Waals surface area contributed by atoms with Crippen molar-refractivity contribution in [3.05, 3.63) is 63.6 Å². The molecule has 2 N–H and O–H groups in total. The summed E-state index contributed by atoms with van der Waals surface area (Å²) < 4.78 is 38.2. The van der Waals surface area contributed by atoms with Crippen LogP contribution in [0, 0.1) is 0 Å². The largest absolute Gasteiger partial charge is 0.416 e. The molecule has 0 unspecified atom stereocenters. The fourth-order valence-electron chi connectivity index (χ4n) is 2.02. The van der Waals surface area contributed by atoms with Crippen LogP contribution in [0.25, 0.3) is 0 Å². The van der Waals surface area contributed by atoms with Gasteiger partial charge in [0.1, 0.15) is 0 Å². The lowest BCUT2D eigenvalue weighted by Gasteiger charge is -2.11. The molecule has 0 spiro atoms. The predicted octanol–water partition coefficient (Wildman–Crippen LogP) is 4.88. The van der Waals surface area contributed by atoms with E-state index in [0.717, 1.165) is 18.2 Å². The molecule has 5 nitrogen and oxygen atoms in total. The Kier molecular flexibility index (Phi) is 7.42. The van der Waals surface area contributed by atoms with Crippen LogP contribution in [-0.2, 0) is 15.8 Å². The summed E-state index contributed by atoms with van der Waals surface area (Å²) >= 11 is 11.6. The first-order chi connectivity index (χ1) is 13.1. The first kappa shape index (κ1) is 21.7. The van der Waals surface area contributed by atoms with E-state index in [1.54, 1.807) is 24.3 Å². The molecule has 0 bridgehead atoms. The average Bonchev–Trinajstić information content (AvgIpc) is 2.62. The van der Waals surface area contributed by atoms with Crippen LogP contribution in [0.2, 0.25) is 10.0 Å². The molecule has 0 aliphatic carbocycles. The summed E-state index contributed by atoms with van der Waals surface area (Å²) in [5, 5.41) is 6.52. The normalized spacial score (nSPS) is 11.5. The lowest BCUT2D eigenvalue weighted by atomic mass is 10.2. The molecule has 0 atom stereocenters. The van der Waals surface area contributed by atoms with Gasteiger partial charge in [0.05, 0.1) is 22.5 Å². The second kappa shape index (κ2) is 9.57. The van der Waals surface area contributed by atoms with E-state index >= 15 is 0 Å². The second-order valence-corrected chi connectivity index (χ2v) is 6.43. The number of carbonyl (C=O) groups excluding carboxylic acids is 2. The third-order valence-corrected chi connectivity index (χ3v) is 4.00. The van der Waals surface area contributed by atoms with Crippen LogP contribution in [0.15, 0.2) is 47.6 Å². The maximum absolute atomic E-state index is 12.7. The highest BCUT2D eigenvalue weighted by molar-refractivity contribution is 6.33. The van der Waals surface area contributed by atoms with E-state index in [0.29, 0.717) is 10.6 Å². The number of nitrogens with zero attached hydrogens (tertiary/aromatic N) is 1. The van der Waals surface area contributed by atoms with E-state index in [9.17, 15) is 22.8 Å². The lowest BCUT2D eigenvalue weighted by molar-refractivity contribution is -0.137. The summed E-state index contributed by atoms with van der Waals surface area (Å²) in [6.45, 7) is 0. The van der Waals surface area contributed by atoms with Crippen molar-refractivity contribution < 1.29 is 22.8 Å². The van der Waals surface area contributed by atoms with Crippen molar-refractivity contribution in [3.63, 3.8) is 0 Å². The van der Waals surface area contributed by atoms with Crippen molar-refractivity contribution in [3.8, 4) is 0 Å². The number of halogens is 5. The van der Waals surface area contributed by atoms with Gasteiger partial charge >= 0.3 is 6.18 Å². The molecule has 10 heteroatoms. The molecule has 2 aromatic carbocycles. The predicted molar refractivity (Wildman–Crippen MR) is 102 cm³/mol. The number of anilines is 1. The molecular formula is C18H14Cl2F3N3O2. The van der Waals surface area contributed by atoms with Crippen molar-refractivity contribution in [1.82, 2.24) is 5.43 Å². The monoisotopic (exact) mass is 431 g/mol. The van der Waals surface area contributed by atoms with Crippen LogP contribution in [0.1, 0.15) is 24.0 Å². The molecular weight excluding hydrogens is 418 g/mol. The van der Waals surface area contributed by atoms with Crippen LogP contribution in [0.5, 0.6) is 0 Å². The summed E-state index contributed by atoms with van der Waals surface area (Å²) in [5.74, 6) is -1.19. The first-order valence-corrected chi connectivity index (χ1v) is 8.65. The SMILES string of the molecule is O=C(CCC(=O)Nc1cc(C(F)(F)F)ccc1Cl)N/N=C/c1ccc(Cl)cc1. The summed E-state index contributed by atoms with van der Waals surface area (Å²) in [5.41, 5.74) is 1.84. The average molecular weight is 432 g/mol. The van der Waals surface area contributed by atoms with Crippen LogP contribution < -0.4 is 10.7 Å². The molecule has 0 heterocycles. The maximum atomic E-state index is 12.7. The van der Waals surface area contributed by atoms with Gasteiger partial charge in [-0.3, -0.25) is 9.59 Å². The number of hydrogen-bond donors (Lipinski definition) is 2. The Morgan fingerprint density at radius 1 is 1.00 bits per heavy atom. The van der Waals surface area contributed by atoms with Gasteiger partial charge in [0.25, 0.3) is 0 Å². The highest BCUT2D eigenvalue weighted by atomic mass is 35.5. The van der Waals surface area contributed by atoms with Gasteiger partial charge in [-0.15, -0.1) is 0 Å². The number of nitrogens with one attached hydrogen (secondary N) is 2. The van der Waals surface area contributed by atoms with Gasteiger partial charge in [0.2, 0.25) is 11.8 Å². The minimum absolute atomic E-state index is 0.0432. The number of alkyl halides is 3. The Bertz CT molecular complexity index is 885. The lowest BCUT2D eigenvalue weighted by Crippen LogP contribution is -2.21. The zero-order chi connectivity index (χ0) is 20.7. The molecule has 0 saturated carbocycles. The van der Waals surface area contributed by atoms with Gasteiger partial charge in [0.15, 0.2) is 0 Å². The zero-order valence-corrected chi connectivity index (χ0v) is 15.7. The summed E-state index contributed by atoms with van der Waals surface area (Å²) in [6, 6.07) is 9.30. The molecule has 0 aromatic heterocycles. The van der Waals surface area contributed by atoms with Crippen LogP contribution >= 0.6 is 23.2 Å². The van der Waals surface area contributed by atoms with Crippen molar-refractivity contribution in [2.45, 2.75) is 19.0 Å². The van der Waals surface area contributed by atoms with Gasteiger partial charge in [-0.2, -0.15) is 18.3 Å². The highest BCUT2D eigenvalue weighted by Crippen LogP contribution is 2.33. The minimum Gasteiger partial charge on any atom is -0.325 e. The van der Waals surface area contributed by atoms with Crippen molar-refractivity contribution in [2.75, 3.05) is 5.32 Å². The Morgan fingerprint density at radius 3 is 2.29 bits per heavy atom. The van der Waals surface area contributed by atoms with Gasteiger partial charge in [-0.1, -0.05) is 35.3 Å². The Balaban J connectivity index is 1.83. The molecule has 0 aliphatic heterocycles. The number of hydrogen-bond acceptors (Lipinski definition) is 3. The van der Waals surface area contributed by atoms with Gasteiger partial charge in [0, 0.05) is 17.9 Å². The van der Waals surface area contributed by atoms with Crippen LogP contribution in [0.3, 0.4) is 0 Å². The minimum atomic E-state index is -4.56. The van der Waals surface area contributed by atoms with Crippen LogP contribution in [-0.4, -0.2) is 18.0 Å². The Morgan fingerprint density at radius 2 is 1.64 bits per heavy atom. The molecule has 0 aliphatic rings. The van der Waals surface area contributed by atoms with E-state index in [2.05, 4.69) is 15.8 Å². The molecule has 148 valence electrons. The summed E-state index contributed by atoms with van der Waals surface area (Å²) in [6.07, 6.45) is -3.63. The van der Waals surface area contributed by atoms with E-state index in [1.165, 1.54) is 6.21 Å². The number of amides is 2. The third-order valence-electron chi connectivity index (χ3n) is 3.42. The van der Waals surface area contributed by atoms with Gasteiger partial charge < -0.3 is 5.32 Å². The third kappa shape index (κ3) is 6.86. The summed E-state index contributed by atoms with van der Waals surface area (Å²) in [7, 11) is 0. The number of hydrazone groups is 1. The molecule has 0 saturated heterocycles.